The quantitative estimate of drug-likeness (QED) is 0.740. The summed E-state index contributed by atoms with van der Waals surface area (Å²) in [6.45, 7) is 0. The summed E-state index contributed by atoms with van der Waals surface area (Å²) in [7, 11) is -3.30. The van der Waals surface area contributed by atoms with Crippen LogP contribution in [-0.4, -0.2) is 19.7 Å². The van der Waals surface area contributed by atoms with E-state index in [2.05, 4.69) is 9.71 Å². The first kappa shape index (κ1) is 9.48. The Hall–Kier alpha value is -1.61. The fourth-order valence-electron chi connectivity index (χ4n) is 0.771. The van der Waals surface area contributed by atoms with E-state index in [4.69, 9.17) is 5.26 Å². The largest absolute Gasteiger partial charge is 0.282 e. The van der Waals surface area contributed by atoms with Gasteiger partial charge in [0.25, 0.3) is 0 Å². The first-order valence-corrected chi connectivity index (χ1v) is 5.23. The average molecular weight is 197 g/mol. The standard InChI is InChI=1S/C7H7N3O2S/c1-13(11,12)10-7-2-6(3-8)4-9-5-7/h2,4-5,10H,1H3. The molecule has 1 aromatic heterocycles. The number of sulfonamides is 1. The molecule has 13 heavy (non-hydrogen) atoms. The van der Waals surface area contributed by atoms with Crippen LogP contribution in [0.3, 0.4) is 0 Å². The summed E-state index contributed by atoms with van der Waals surface area (Å²) < 4.78 is 23.8. The van der Waals surface area contributed by atoms with Crippen molar-refractivity contribution in [3.05, 3.63) is 24.0 Å². The Kier molecular flexibility index (Phi) is 2.49. The van der Waals surface area contributed by atoms with Gasteiger partial charge in [0.15, 0.2) is 0 Å². The molecule has 0 aliphatic heterocycles. The minimum atomic E-state index is -3.30. The molecular formula is C7H7N3O2S. The number of pyridine rings is 1. The predicted molar refractivity (Wildman–Crippen MR) is 47.4 cm³/mol. The maximum atomic E-state index is 10.8. The molecule has 1 aromatic rings. The zero-order valence-corrected chi connectivity index (χ0v) is 7.67. The van der Waals surface area contributed by atoms with E-state index < -0.39 is 10.0 Å². The summed E-state index contributed by atoms with van der Waals surface area (Å²) >= 11 is 0. The molecule has 0 fully saturated rings. The normalized spacial score (nSPS) is 10.5. The van der Waals surface area contributed by atoms with Crippen molar-refractivity contribution in [1.29, 1.82) is 5.26 Å². The minimum Gasteiger partial charge on any atom is -0.282 e. The van der Waals surface area contributed by atoms with Crippen LogP contribution in [0.2, 0.25) is 0 Å². The van der Waals surface area contributed by atoms with E-state index in [0.717, 1.165) is 6.26 Å². The van der Waals surface area contributed by atoms with Gasteiger partial charge in [0.2, 0.25) is 10.0 Å². The highest BCUT2D eigenvalue weighted by Crippen LogP contribution is 2.08. The number of anilines is 1. The molecule has 1 rings (SSSR count). The van der Waals surface area contributed by atoms with Gasteiger partial charge in [0, 0.05) is 6.20 Å². The highest BCUT2D eigenvalue weighted by molar-refractivity contribution is 7.92. The van der Waals surface area contributed by atoms with Gasteiger partial charge < -0.3 is 0 Å². The molecule has 0 unspecified atom stereocenters. The van der Waals surface area contributed by atoms with Crippen molar-refractivity contribution in [2.24, 2.45) is 0 Å². The van der Waals surface area contributed by atoms with Gasteiger partial charge in [-0.25, -0.2) is 8.42 Å². The number of nitriles is 1. The molecule has 5 nitrogen and oxygen atoms in total. The fraction of sp³-hybridized carbons (Fsp3) is 0.143. The minimum absolute atomic E-state index is 0.293. The van der Waals surface area contributed by atoms with Crippen molar-refractivity contribution in [3.8, 4) is 6.07 Å². The molecule has 68 valence electrons. The van der Waals surface area contributed by atoms with Crippen LogP contribution in [0.5, 0.6) is 0 Å². The van der Waals surface area contributed by atoms with Crippen molar-refractivity contribution in [1.82, 2.24) is 4.98 Å². The van der Waals surface area contributed by atoms with Crippen molar-refractivity contribution in [2.75, 3.05) is 11.0 Å². The third-order valence-electron chi connectivity index (χ3n) is 1.17. The van der Waals surface area contributed by atoms with Crippen LogP contribution in [0, 0.1) is 11.3 Å². The molecule has 0 aliphatic carbocycles. The van der Waals surface area contributed by atoms with Crippen molar-refractivity contribution < 1.29 is 8.42 Å². The SMILES string of the molecule is CS(=O)(=O)Nc1cncc(C#N)c1. The topological polar surface area (TPSA) is 82.8 Å². The van der Waals surface area contributed by atoms with Crippen LogP contribution >= 0.6 is 0 Å². The molecule has 0 atom stereocenters. The van der Waals surface area contributed by atoms with Crippen LogP contribution in [0.4, 0.5) is 5.69 Å². The molecule has 0 radical (unpaired) electrons. The highest BCUT2D eigenvalue weighted by Gasteiger charge is 2.02. The van der Waals surface area contributed by atoms with Gasteiger partial charge in [-0.1, -0.05) is 0 Å². The second kappa shape index (κ2) is 3.41. The van der Waals surface area contributed by atoms with E-state index in [1.165, 1.54) is 18.5 Å². The lowest BCUT2D eigenvalue weighted by atomic mass is 10.3. The Labute approximate surface area is 76.1 Å². The maximum Gasteiger partial charge on any atom is 0.229 e. The van der Waals surface area contributed by atoms with E-state index in [9.17, 15) is 8.42 Å². The van der Waals surface area contributed by atoms with Gasteiger partial charge in [-0.15, -0.1) is 0 Å². The van der Waals surface area contributed by atoms with Crippen molar-refractivity contribution in [3.63, 3.8) is 0 Å². The second-order valence-corrected chi connectivity index (χ2v) is 4.20. The average Bonchev–Trinajstić information content (AvgIpc) is 2.01. The number of hydrogen-bond donors (Lipinski definition) is 1. The first-order valence-electron chi connectivity index (χ1n) is 3.34. The van der Waals surface area contributed by atoms with Gasteiger partial charge in [0.1, 0.15) is 6.07 Å². The molecule has 0 amide bonds. The van der Waals surface area contributed by atoms with E-state index in [1.807, 2.05) is 6.07 Å². The summed E-state index contributed by atoms with van der Waals surface area (Å²) in [5.41, 5.74) is 0.607. The first-order chi connectivity index (χ1) is 6.01. The summed E-state index contributed by atoms with van der Waals surface area (Å²) in [6, 6.07) is 3.27. The lowest BCUT2D eigenvalue weighted by molar-refractivity contribution is 0.607. The number of nitrogens with one attached hydrogen (secondary N) is 1. The number of aromatic nitrogens is 1. The van der Waals surface area contributed by atoms with Crippen molar-refractivity contribution in [2.45, 2.75) is 0 Å². The highest BCUT2D eigenvalue weighted by atomic mass is 32.2. The molecule has 0 aliphatic rings. The Bertz CT molecular complexity index is 447. The Morgan fingerprint density at radius 2 is 2.23 bits per heavy atom. The monoisotopic (exact) mass is 197 g/mol. The smallest absolute Gasteiger partial charge is 0.229 e. The number of rotatable bonds is 2. The fourth-order valence-corrected chi connectivity index (χ4v) is 1.31. The molecule has 1 heterocycles. The molecule has 0 saturated carbocycles. The zero-order chi connectivity index (χ0) is 9.90. The Morgan fingerprint density at radius 1 is 1.54 bits per heavy atom. The van der Waals surface area contributed by atoms with E-state index in [0.29, 0.717) is 11.3 Å². The summed E-state index contributed by atoms with van der Waals surface area (Å²) in [5.74, 6) is 0. The van der Waals surface area contributed by atoms with Gasteiger partial charge in [-0.05, 0) is 6.07 Å². The zero-order valence-electron chi connectivity index (χ0n) is 6.85. The lowest BCUT2D eigenvalue weighted by Crippen LogP contribution is -2.09. The van der Waals surface area contributed by atoms with E-state index >= 15 is 0 Å². The Balaban J connectivity index is 2.99. The van der Waals surface area contributed by atoms with Crippen LogP contribution < -0.4 is 4.72 Å². The van der Waals surface area contributed by atoms with Crippen LogP contribution in [-0.2, 0) is 10.0 Å². The lowest BCUT2D eigenvalue weighted by Gasteiger charge is -2.01. The van der Waals surface area contributed by atoms with Crippen LogP contribution in [0.1, 0.15) is 5.56 Å². The third kappa shape index (κ3) is 3.09. The number of nitrogens with zero attached hydrogens (tertiary/aromatic N) is 2. The van der Waals surface area contributed by atoms with Gasteiger partial charge in [-0.2, -0.15) is 5.26 Å². The van der Waals surface area contributed by atoms with Gasteiger partial charge >= 0.3 is 0 Å². The third-order valence-corrected chi connectivity index (χ3v) is 1.78. The molecule has 0 bridgehead atoms. The molecule has 1 N–H and O–H groups in total. The van der Waals surface area contributed by atoms with Gasteiger partial charge in [0.05, 0.1) is 23.7 Å². The maximum absolute atomic E-state index is 10.8. The van der Waals surface area contributed by atoms with Crippen LogP contribution in [0.15, 0.2) is 18.5 Å². The van der Waals surface area contributed by atoms with E-state index in [-0.39, 0.29) is 0 Å². The summed E-state index contributed by atoms with van der Waals surface area (Å²) in [5, 5.41) is 8.49. The number of hydrogen-bond acceptors (Lipinski definition) is 4. The molecular weight excluding hydrogens is 190 g/mol. The van der Waals surface area contributed by atoms with Crippen LogP contribution in [0.25, 0.3) is 0 Å². The van der Waals surface area contributed by atoms with E-state index in [1.54, 1.807) is 0 Å². The Morgan fingerprint density at radius 3 is 2.77 bits per heavy atom. The predicted octanol–water partition coefficient (Wildman–Crippen LogP) is 0.325. The molecule has 0 spiro atoms. The molecule has 0 saturated heterocycles. The van der Waals surface area contributed by atoms with Crippen molar-refractivity contribution >= 4 is 15.7 Å². The second-order valence-electron chi connectivity index (χ2n) is 2.45. The summed E-state index contributed by atoms with van der Waals surface area (Å²) in [6.07, 6.45) is 3.72. The summed E-state index contributed by atoms with van der Waals surface area (Å²) in [4.78, 5) is 3.69. The van der Waals surface area contributed by atoms with Gasteiger partial charge in [-0.3, -0.25) is 9.71 Å². The molecule has 6 heteroatoms. The molecule has 0 aromatic carbocycles.